The van der Waals surface area contributed by atoms with Crippen molar-refractivity contribution >= 4 is 5.91 Å². The molecule has 0 fully saturated rings. The number of H-pyrrole nitrogens is 1. The molecule has 0 spiro atoms. The van der Waals surface area contributed by atoms with Crippen LogP contribution in [0.1, 0.15) is 24.2 Å². The second-order valence-corrected chi connectivity index (χ2v) is 4.62. The lowest BCUT2D eigenvalue weighted by Crippen LogP contribution is -2.25. The zero-order valence-corrected chi connectivity index (χ0v) is 11.4. The number of amides is 1. The Hall–Kier alpha value is -2.44. The van der Waals surface area contributed by atoms with Crippen LogP contribution < -0.4 is 11.1 Å². The number of benzene rings is 1. The number of aryl methyl sites for hydroxylation is 1. The summed E-state index contributed by atoms with van der Waals surface area (Å²) in [4.78, 5) is 24.7. The number of aromatic nitrogens is 2. The van der Waals surface area contributed by atoms with Crippen LogP contribution in [0, 0.1) is 5.82 Å². The maximum absolute atomic E-state index is 12.7. The lowest BCUT2D eigenvalue weighted by Gasteiger charge is -2.04. The number of carbonyl (C=O) groups excluding carboxylic acids is 1. The quantitative estimate of drug-likeness (QED) is 0.802. The Balaban J connectivity index is 1.61. The first-order valence-corrected chi connectivity index (χ1v) is 6.69. The van der Waals surface area contributed by atoms with E-state index in [1.54, 1.807) is 12.1 Å². The van der Waals surface area contributed by atoms with E-state index in [4.69, 9.17) is 0 Å². The third-order valence-electron chi connectivity index (χ3n) is 2.95. The van der Waals surface area contributed by atoms with Crippen LogP contribution in [0.15, 0.2) is 33.6 Å². The Labute approximate surface area is 120 Å². The van der Waals surface area contributed by atoms with Crippen LogP contribution in [0.3, 0.4) is 0 Å². The number of aromatic amines is 1. The van der Waals surface area contributed by atoms with Crippen LogP contribution in [-0.4, -0.2) is 22.6 Å². The van der Waals surface area contributed by atoms with Gasteiger partial charge in [-0.05, 0) is 30.5 Å². The first kappa shape index (κ1) is 15.0. The number of halogens is 1. The predicted octanol–water partition coefficient (Wildman–Crippen LogP) is 1.18. The fourth-order valence-corrected chi connectivity index (χ4v) is 1.88. The Morgan fingerprint density at radius 3 is 2.71 bits per heavy atom. The van der Waals surface area contributed by atoms with Crippen molar-refractivity contribution in [3.63, 3.8) is 0 Å². The molecule has 1 aromatic heterocycles. The van der Waals surface area contributed by atoms with E-state index in [1.807, 2.05) is 0 Å². The van der Waals surface area contributed by atoms with Crippen LogP contribution >= 0.6 is 0 Å². The van der Waals surface area contributed by atoms with Gasteiger partial charge in [0.05, 0.1) is 0 Å². The minimum Gasteiger partial charge on any atom is -0.356 e. The van der Waals surface area contributed by atoms with E-state index in [1.165, 1.54) is 12.1 Å². The molecule has 0 saturated heterocycles. The number of carbonyl (C=O) groups is 1. The summed E-state index contributed by atoms with van der Waals surface area (Å²) in [5.74, 6) is -0.521. The molecule has 0 aliphatic rings. The van der Waals surface area contributed by atoms with Gasteiger partial charge in [-0.1, -0.05) is 17.3 Å². The van der Waals surface area contributed by atoms with Crippen LogP contribution in [-0.2, 0) is 17.6 Å². The molecule has 0 aliphatic heterocycles. The fraction of sp³-hybridized carbons (Fsp3) is 0.357. The first-order chi connectivity index (χ1) is 10.1. The van der Waals surface area contributed by atoms with Gasteiger partial charge in [0, 0.05) is 19.4 Å². The second-order valence-electron chi connectivity index (χ2n) is 4.62. The van der Waals surface area contributed by atoms with Gasteiger partial charge in [-0.15, -0.1) is 0 Å². The Morgan fingerprint density at radius 2 is 2.05 bits per heavy atom. The fourth-order valence-electron chi connectivity index (χ4n) is 1.88. The first-order valence-electron chi connectivity index (χ1n) is 6.69. The van der Waals surface area contributed by atoms with Crippen molar-refractivity contribution in [2.45, 2.75) is 25.7 Å². The van der Waals surface area contributed by atoms with Gasteiger partial charge in [-0.3, -0.25) is 14.3 Å². The molecule has 112 valence electrons. The van der Waals surface area contributed by atoms with Gasteiger partial charge in [0.15, 0.2) is 5.82 Å². The van der Waals surface area contributed by atoms with E-state index in [0.29, 0.717) is 31.6 Å². The SMILES string of the molecule is O=C(CCCc1ccc(F)cc1)NCCc1noc(=O)[nH]1. The number of hydrogen-bond acceptors (Lipinski definition) is 4. The Morgan fingerprint density at radius 1 is 1.29 bits per heavy atom. The number of nitrogens with zero attached hydrogens (tertiary/aromatic N) is 1. The van der Waals surface area contributed by atoms with Crippen molar-refractivity contribution in [3.8, 4) is 0 Å². The molecule has 21 heavy (non-hydrogen) atoms. The topological polar surface area (TPSA) is 88.0 Å². The van der Waals surface area contributed by atoms with Crippen LogP contribution in [0.2, 0.25) is 0 Å². The molecule has 1 aromatic carbocycles. The molecule has 0 atom stereocenters. The van der Waals surface area contributed by atoms with E-state index < -0.39 is 5.76 Å². The molecule has 2 N–H and O–H groups in total. The minimum atomic E-state index is -0.601. The van der Waals surface area contributed by atoms with Crippen molar-refractivity contribution in [2.24, 2.45) is 0 Å². The zero-order valence-electron chi connectivity index (χ0n) is 11.4. The molecule has 7 heteroatoms. The van der Waals surface area contributed by atoms with Gasteiger partial charge in [-0.2, -0.15) is 0 Å². The highest BCUT2D eigenvalue weighted by atomic mass is 19.1. The lowest BCUT2D eigenvalue weighted by molar-refractivity contribution is -0.121. The summed E-state index contributed by atoms with van der Waals surface area (Å²) in [6.45, 7) is 0.387. The van der Waals surface area contributed by atoms with Crippen LogP contribution in [0.5, 0.6) is 0 Å². The molecule has 0 saturated carbocycles. The van der Waals surface area contributed by atoms with Gasteiger partial charge in [0.1, 0.15) is 5.82 Å². The molecule has 0 radical (unpaired) electrons. The van der Waals surface area contributed by atoms with Gasteiger partial charge in [0.2, 0.25) is 5.91 Å². The average molecular weight is 293 g/mol. The molecule has 0 aliphatic carbocycles. The summed E-state index contributed by atoms with van der Waals surface area (Å²) in [7, 11) is 0. The van der Waals surface area contributed by atoms with E-state index in [2.05, 4.69) is 20.0 Å². The normalized spacial score (nSPS) is 10.5. The zero-order chi connectivity index (χ0) is 15.1. The second kappa shape index (κ2) is 7.37. The minimum absolute atomic E-state index is 0.0667. The molecular formula is C14H16FN3O3. The van der Waals surface area contributed by atoms with Crippen molar-refractivity contribution < 1.29 is 13.7 Å². The molecule has 0 bridgehead atoms. The smallest absolute Gasteiger partial charge is 0.356 e. The van der Waals surface area contributed by atoms with Crippen molar-refractivity contribution in [2.75, 3.05) is 6.54 Å². The van der Waals surface area contributed by atoms with Gasteiger partial charge in [-0.25, -0.2) is 9.18 Å². The highest BCUT2D eigenvalue weighted by Gasteiger charge is 2.04. The molecule has 2 aromatic rings. The molecule has 0 unspecified atom stereocenters. The van der Waals surface area contributed by atoms with Crippen LogP contribution in [0.4, 0.5) is 4.39 Å². The van der Waals surface area contributed by atoms with Crippen molar-refractivity contribution in [3.05, 3.63) is 52.0 Å². The van der Waals surface area contributed by atoms with E-state index >= 15 is 0 Å². The summed E-state index contributed by atoms with van der Waals surface area (Å²) in [5, 5.41) is 6.23. The van der Waals surface area contributed by atoms with Crippen molar-refractivity contribution in [1.82, 2.24) is 15.5 Å². The number of nitrogens with one attached hydrogen (secondary N) is 2. The van der Waals surface area contributed by atoms with Gasteiger partial charge < -0.3 is 5.32 Å². The van der Waals surface area contributed by atoms with E-state index in [-0.39, 0.29) is 11.7 Å². The van der Waals surface area contributed by atoms with E-state index in [9.17, 15) is 14.0 Å². The Kier molecular flexibility index (Phi) is 5.25. The van der Waals surface area contributed by atoms with Crippen LogP contribution in [0.25, 0.3) is 0 Å². The molecule has 1 amide bonds. The number of rotatable bonds is 7. The predicted molar refractivity (Wildman–Crippen MR) is 73.2 cm³/mol. The highest BCUT2D eigenvalue weighted by Crippen LogP contribution is 2.06. The molecule has 6 nitrogen and oxygen atoms in total. The molecule has 1 heterocycles. The average Bonchev–Trinajstić information content (AvgIpc) is 2.87. The standard InChI is InChI=1S/C14H16FN3O3/c15-11-6-4-10(5-7-11)2-1-3-13(19)16-9-8-12-17-14(20)21-18-12/h4-7H,1-3,8-9H2,(H,16,19)(H,17,18,20). The molecular weight excluding hydrogens is 277 g/mol. The summed E-state index contributed by atoms with van der Waals surface area (Å²) in [6.07, 6.45) is 2.23. The van der Waals surface area contributed by atoms with E-state index in [0.717, 1.165) is 12.0 Å². The molecule has 2 rings (SSSR count). The monoisotopic (exact) mass is 293 g/mol. The summed E-state index contributed by atoms with van der Waals surface area (Å²) in [6, 6.07) is 6.25. The number of hydrogen-bond donors (Lipinski definition) is 2. The summed E-state index contributed by atoms with van der Waals surface area (Å²) < 4.78 is 17.1. The van der Waals surface area contributed by atoms with Crippen molar-refractivity contribution in [1.29, 1.82) is 0 Å². The largest absolute Gasteiger partial charge is 0.438 e. The third-order valence-corrected chi connectivity index (χ3v) is 2.95. The summed E-state index contributed by atoms with van der Waals surface area (Å²) in [5.41, 5.74) is 1.00. The van der Waals surface area contributed by atoms with Gasteiger partial charge in [0.25, 0.3) is 0 Å². The Bertz CT molecular complexity index is 633. The lowest BCUT2D eigenvalue weighted by atomic mass is 10.1. The third kappa shape index (κ3) is 5.21. The van der Waals surface area contributed by atoms with Gasteiger partial charge >= 0.3 is 5.76 Å². The maximum atomic E-state index is 12.7. The maximum Gasteiger partial charge on any atom is 0.438 e. The highest BCUT2D eigenvalue weighted by molar-refractivity contribution is 5.75. The summed E-state index contributed by atoms with van der Waals surface area (Å²) >= 11 is 0.